The van der Waals surface area contributed by atoms with Crippen LogP contribution in [0.5, 0.6) is 0 Å². The highest BCUT2D eigenvalue weighted by Gasteiger charge is 2.19. The Balaban J connectivity index is 1.80. The highest BCUT2D eigenvalue weighted by atomic mass is 14.9. The summed E-state index contributed by atoms with van der Waals surface area (Å²) in [7, 11) is 0. The molecule has 0 bridgehead atoms. The van der Waals surface area contributed by atoms with E-state index in [2.05, 4.69) is 19.2 Å². The summed E-state index contributed by atoms with van der Waals surface area (Å²) in [6.45, 7) is 5.97. The minimum Gasteiger partial charge on any atom is -0.314 e. The second kappa shape index (κ2) is 11.8. The van der Waals surface area contributed by atoms with Crippen LogP contribution in [0.15, 0.2) is 0 Å². The van der Waals surface area contributed by atoms with Crippen LogP contribution in [0.25, 0.3) is 0 Å². The summed E-state index contributed by atoms with van der Waals surface area (Å²) in [5.41, 5.74) is 0. The molecule has 0 aromatic heterocycles. The van der Waals surface area contributed by atoms with E-state index >= 15 is 0 Å². The second-order valence-electron chi connectivity index (χ2n) is 6.65. The zero-order valence-corrected chi connectivity index (χ0v) is 13.6. The van der Waals surface area contributed by atoms with E-state index in [9.17, 15) is 0 Å². The van der Waals surface area contributed by atoms with Crippen molar-refractivity contribution in [1.82, 2.24) is 5.32 Å². The molecule has 1 aliphatic rings. The molecule has 19 heavy (non-hydrogen) atoms. The van der Waals surface area contributed by atoms with Gasteiger partial charge in [0.2, 0.25) is 0 Å². The first-order valence-electron chi connectivity index (χ1n) is 9.08. The van der Waals surface area contributed by atoms with Gasteiger partial charge in [0.1, 0.15) is 0 Å². The molecule has 1 fully saturated rings. The normalized spacial score (nSPS) is 23.7. The molecule has 1 aliphatic heterocycles. The average Bonchev–Trinajstić information content (AvgIpc) is 2.43. The van der Waals surface area contributed by atoms with Crippen molar-refractivity contribution in [1.29, 1.82) is 0 Å². The summed E-state index contributed by atoms with van der Waals surface area (Å²) in [5.74, 6) is 0.910. The Morgan fingerprint density at radius 1 is 0.842 bits per heavy atom. The molecule has 0 aliphatic carbocycles. The third-order valence-corrected chi connectivity index (χ3v) is 4.80. The van der Waals surface area contributed by atoms with Crippen molar-refractivity contribution in [3.8, 4) is 0 Å². The molecule has 2 unspecified atom stereocenters. The maximum Gasteiger partial charge on any atom is 0.00926 e. The summed E-state index contributed by atoms with van der Waals surface area (Å²) in [4.78, 5) is 0. The van der Waals surface area contributed by atoms with Gasteiger partial charge < -0.3 is 5.32 Å². The fraction of sp³-hybridized carbons (Fsp3) is 1.00. The minimum atomic E-state index is 0.822. The number of rotatable bonds is 11. The third-order valence-electron chi connectivity index (χ3n) is 4.80. The van der Waals surface area contributed by atoms with Crippen LogP contribution in [-0.2, 0) is 0 Å². The van der Waals surface area contributed by atoms with E-state index in [4.69, 9.17) is 0 Å². The lowest BCUT2D eigenvalue weighted by molar-refractivity contribution is 0.280. The van der Waals surface area contributed by atoms with Crippen molar-refractivity contribution in [2.75, 3.05) is 6.54 Å². The van der Waals surface area contributed by atoms with Gasteiger partial charge in [0.15, 0.2) is 0 Å². The van der Waals surface area contributed by atoms with Crippen LogP contribution in [0.4, 0.5) is 0 Å². The zero-order valence-electron chi connectivity index (χ0n) is 13.6. The van der Waals surface area contributed by atoms with E-state index in [1.54, 1.807) is 0 Å². The van der Waals surface area contributed by atoms with E-state index in [0.717, 1.165) is 12.0 Å². The molecule has 0 amide bonds. The molecule has 0 aromatic carbocycles. The molecule has 0 aromatic rings. The molecule has 0 spiro atoms. The van der Waals surface area contributed by atoms with Crippen LogP contribution in [0.2, 0.25) is 0 Å². The lowest BCUT2D eigenvalue weighted by Crippen LogP contribution is -2.39. The minimum absolute atomic E-state index is 0.822. The Morgan fingerprint density at radius 3 is 2.00 bits per heavy atom. The smallest absolute Gasteiger partial charge is 0.00926 e. The molecule has 0 radical (unpaired) electrons. The molecule has 0 saturated carbocycles. The molecule has 2 atom stereocenters. The first-order chi connectivity index (χ1) is 9.34. The van der Waals surface area contributed by atoms with Gasteiger partial charge in [-0.2, -0.15) is 0 Å². The van der Waals surface area contributed by atoms with Crippen LogP contribution >= 0.6 is 0 Å². The first kappa shape index (κ1) is 17.0. The van der Waals surface area contributed by atoms with Gasteiger partial charge in [-0.25, -0.2) is 0 Å². The van der Waals surface area contributed by atoms with Crippen molar-refractivity contribution in [3.05, 3.63) is 0 Å². The Morgan fingerprint density at radius 2 is 1.42 bits per heavy atom. The number of nitrogens with one attached hydrogen (secondary N) is 1. The van der Waals surface area contributed by atoms with Crippen molar-refractivity contribution >= 4 is 0 Å². The molecular weight excluding hydrogens is 230 g/mol. The Labute approximate surface area is 121 Å². The summed E-state index contributed by atoms with van der Waals surface area (Å²) < 4.78 is 0. The molecular formula is C18H37N. The molecule has 1 nitrogen and oxygen atoms in total. The van der Waals surface area contributed by atoms with Gasteiger partial charge >= 0.3 is 0 Å². The molecule has 1 N–H and O–H groups in total. The van der Waals surface area contributed by atoms with Crippen molar-refractivity contribution in [2.24, 2.45) is 5.92 Å². The van der Waals surface area contributed by atoms with E-state index in [-0.39, 0.29) is 0 Å². The van der Waals surface area contributed by atoms with E-state index in [0.29, 0.717) is 0 Å². The summed E-state index contributed by atoms with van der Waals surface area (Å²) >= 11 is 0. The lowest BCUT2D eigenvalue weighted by Gasteiger charge is -2.30. The lowest BCUT2D eigenvalue weighted by atomic mass is 9.89. The predicted molar refractivity (Wildman–Crippen MR) is 86.6 cm³/mol. The van der Waals surface area contributed by atoms with E-state index in [1.807, 2.05) is 0 Å². The SMILES string of the molecule is CCCCCCCCCCCCC1NCCCC1C. The van der Waals surface area contributed by atoms with Crippen LogP contribution in [-0.4, -0.2) is 12.6 Å². The first-order valence-corrected chi connectivity index (χ1v) is 9.08. The summed E-state index contributed by atoms with van der Waals surface area (Å²) in [6.07, 6.45) is 18.8. The van der Waals surface area contributed by atoms with Crippen LogP contribution in [0, 0.1) is 5.92 Å². The van der Waals surface area contributed by atoms with E-state index in [1.165, 1.54) is 90.0 Å². The van der Waals surface area contributed by atoms with Crippen molar-refractivity contribution in [3.63, 3.8) is 0 Å². The summed E-state index contributed by atoms with van der Waals surface area (Å²) in [5, 5.41) is 3.70. The highest BCUT2D eigenvalue weighted by Crippen LogP contribution is 2.20. The average molecular weight is 268 g/mol. The maximum absolute atomic E-state index is 3.70. The van der Waals surface area contributed by atoms with Gasteiger partial charge in [0.05, 0.1) is 0 Å². The van der Waals surface area contributed by atoms with Crippen molar-refractivity contribution in [2.45, 2.75) is 103 Å². The van der Waals surface area contributed by atoms with Gasteiger partial charge in [-0.1, -0.05) is 78.1 Å². The van der Waals surface area contributed by atoms with Crippen LogP contribution in [0.1, 0.15) is 97.3 Å². The molecule has 1 heterocycles. The standard InChI is InChI=1S/C18H37N/c1-3-4-5-6-7-8-9-10-11-12-15-18-17(2)14-13-16-19-18/h17-19H,3-16H2,1-2H3. The highest BCUT2D eigenvalue weighted by molar-refractivity contribution is 4.77. The Kier molecular flexibility index (Phi) is 10.5. The molecule has 114 valence electrons. The number of hydrogen-bond acceptors (Lipinski definition) is 1. The number of piperidine rings is 1. The zero-order chi connectivity index (χ0) is 13.8. The number of hydrogen-bond donors (Lipinski definition) is 1. The molecule has 1 rings (SSSR count). The molecule has 1 heteroatoms. The summed E-state index contributed by atoms with van der Waals surface area (Å²) in [6, 6.07) is 0.822. The van der Waals surface area contributed by atoms with Gasteiger partial charge in [-0.3, -0.25) is 0 Å². The van der Waals surface area contributed by atoms with E-state index < -0.39 is 0 Å². The third kappa shape index (κ3) is 8.68. The van der Waals surface area contributed by atoms with Gasteiger partial charge in [-0.05, 0) is 31.7 Å². The van der Waals surface area contributed by atoms with Crippen LogP contribution < -0.4 is 5.32 Å². The monoisotopic (exact) mass is 267 g/mol. The second-order valence-corrected chi connectivity index (χ2v) is 6.65. The fourth-order valence-electron chi connectivity index (χ4n) is 3.35. The van der Waals surface area contributed by atoms with Gasteiger partial charge in [-0.15, -0.1) is 0 Å². The van der Waals surface area contributed by atoms with Gasteiger partial charge in [0.25, 0.3) is 0 Å². The topological polar surface area (TPSA) is 12.0 Å². The van der Waals surface area contributed by atoms with Crippen LogP contribution in [0.3, 0.4) is 0 Å². The Bertz CT molecular complexity index is 190. The number of unbranched alkanes of at least 4 members (excludes halogenated alkanes) is 9. The quantitative estimate of drug-likeness (QED) is 0.474. The Hall–Kier alpha value is -0.0400. The largest absolute Gasteiger partial charge is 0.314 e. The van der Waals surface area contributed by atoms with Gasteiger partial charge in [0, 0.05) is 6.04 Å². The fourth-order valence-corrected chi connectivity index (χ4v) is 3.35. The molecule has 1 saturated heterocycles. The van der Waals surface area contributed by atoms with Crippen molar-refractivity contribution < 1.29 is 0 Å². The predicted octanol–water partition coefficient (Wildman–Crippen LogP) is 5.69. The maximum atomic E-state index is 3.70.